The Morgan fingerprint density at radius 3 is 2.67 bits per heavy atom. The lowest BCUT2D eigenvalue weighted by molar-refractivity contribution is -0.138. The Bertz CT molecular complexity index is 497. The summed E-state index contributed by atoms with van der Waals surface area (Å²) in [5, 5.41) is 1.18. The van der Waals surface area contributed by atoms with E-state index < -0.39 is 0 Å². The van der Waals surface area contributed by atoms with E-state index in [1.54, 1.807) is 0 Å². The maximum atomic E-state index is 9.83. The maximum absolute atomic E-state index is 9.83. The van der Waals surface area contributed by atoms with Gasteiger partial charge in [0, 0.05) is 16.1 Å². The number of benzene rings is 1. The van der Waals surface area contributed by atoms with Crippen LogP contribution in [0, 0.1) is 6.92 Å². The molecule has 96 valence electrons. The number of hydrogen-bond acceptors (Lipinski definition) is 4. The van der Waals surface area contributed by atoms with Crippen molar-refractivity contribution in [3.05, 3.63) is 40.5 Å². The molecule has 0 saturated heterocycles. The number of pyridine rings is 1. The number of carbonyl (C=O) groups excluding carboxylic acids is 1. The Morgan fingerprint density at radius 2 is 2.17 bits per heavy atom. The number of ether oxygens (including phenoxy) is 1. The van der Waals surface area contributed by atoms with Crippen molar-refractivity contribution < 1.29 is 9.53 Å². The highest BCUT2D eigenvalue weighted by molar-refractivity contribution is 9.10. The molecule has 0 amide bonds. The van der Waals surface area contributed by atoms with Crippen molar-refractivity contribution in [1.29, 1.82) is 0 Å². The van der Waals surface area contributed by atoms with Crippen molar-refractivity contribution in [3.63, 3.8) is 0 Å². The van der Waals surface area contributed by atoms with E-state index in [1.807, 2.05) is 12.3 Å². The zero-order chi connectivity index (χ0) is 13.5. The maximum Gasteiger partial charge on any atom is 0.319 e. The number of esters is 1. The third kappa shape index (κ3) is 3.78. The molecule has 0 radical (unpaired) electrons. The van der Waals surface area contributed by atoms with Gasteiger partial charge in [0.1, 0.15) is 0 Å². The molecule has 0 unspecified atom stereocenters. The average molecular weight is 311 g/mol. The van der Waals surface area contributed by atoms with Crippen molar-refractivity contribution >= 4 is 32.8 Å². The Balaban J connectivity index is 0.000000232. The van der Waals surface area contributed by atoms with E-state index in [0.717, 1.165) is 9.99 Å². The summed E-state index contributed by atoms with van der Waals surface area (Å²) in [6, 6.07) is 8.14. The SMILES string of the molecule is COC(=O)CN.Cc1ccc(Br)c2cccnc12. The van der Waals surface area contributed by atoms with E-state index >= 15 is 0 Å². The van der Waals surface area contributed by atoms with E-state index in [-0.39, 0.29) is 12.5 Å². The first-order valence-corrected chi connectivity index (χ1v) is 6.16. The van der Waals surface area contributed by atoms with E-state index in [1.165, 1.54) is 18.1 Å². The molecule has 0 aliphatic rings. The van der Waals surface area contributed by atoms with E-state index in [2.05, 4.69) is 50.8 Å². The molecule has 0 bridgehead atoms. The fourth-order valence-electron chi connectivity index (χ4n) is 1.36. The van der Waals surface area contributed by atoms with Gasteiger partial charge in [-0.1, -0.05) is 28.1 Å². The van der Waals surface area contributed by atoms with Crippen LogP contribution in [0.1, 0.15) is 5.56 Å². The molecule has 1 heterocycles. The molecular weight excluding hydrogens is 296 g/mol. The highest BCUT2D eigenvalue weighted by atomic mass is 79.9. The molecule has 0 spiro atoms. The predicted octanol–water partition coefficient (Wildman–Crippen LogP) is 2.42. The second-order valence-electron chi connectivity index (χ2n) is 3.54. The van der Waals surface area contributed by atoms with E-state index in [0.29, 0.717) is 0 Å². The van der Waals surface area contributed by atoms with Gasteiger partial charge < -0.3 is 10.5 Å². The van der Waals surface area contributed by atoms with Gasteiger partial charge in [0.15, 0.2) is 0 Å². The first kappa shape index (κ1) is 14.6. The molecule has 0 atom stereocenters. The summed E-state index contributed by atoms with van der Waals surface area (Å²) in [6.45, 7) is 2.04. The molecule has 2 aromatic rings. The van der Waals surface area contributed by atoms with Crippen molar-refractivity contribution in [2.45, 2.75) is 6.92 Å². The van der Waals surface area contributed by atoms with Crippen LogP contribution in [0.4, 0.5) is 0 Å². The third-order valence-corrected chi connectivity index (χ3v) is 3.00. The fourth-order valence-corrected chi connectivity index (χ4v) is 1.81. The molecular formula is C13H15BrN2O2. The Morgan fingerprint density at radius 1 is 1.44 bits per heavy atom. The number of halogens is 1. The molecule has 2 rings (SSSR count). The van der Waals surface area contributed by atoms with Crippen LogP contribution in [-0.4, -0.2) is 24.6 Å². The number of fused-ring (bicyclic) bond motifs is 1. The van der Waals surface area contributed by atoms with Gasteiger partial charge in [-0.15, -0.1) is 0 Å². The molecule has 0 saturated carbocycles. The standard InChI is InChI=1S/C10H8BrN.C3H7NO2/c1-7-4-5-9(11)8-3-2-6-12-10(7)8;1-6-3(5)2-4/h2-6H,1H3;2,4H2,1H3. The first-order chi connectivity index (χ1) is 8.60. The van der Waals surface area contributed by atoms with Gasteiger partial charge in [-0.2, -0.15) is 0 Å². The smallest absolute Gasteiger partial charge is 0.319 e. The minimum absolute atomic E-state index is 0.0312. The minimum Gasteiger partial charge on any atom is -0.468 e. The van der Waals surface area contributed by atoms with Crippen LogP contribution in [0.2, 0.25) is 0 Å². The zero-order valence-corrected chi connectivity index (χ0v) is 11.9. The van der Waals surface area contributed by atoms with Gasteiger partial charge in [0.25, 0.3) is 0 Å². The van der Waals surface area contributed by atoms with Crippen LogP contribution < -0.4 is 5.73 Å². The summed E-state index contributed by atoms with van der Waals surface area (Å²) >= 11 is 3.49. The van der Waals surface area contributed by atoms with Gasteiger partial charge in [-0.05, 0) is 24.6 Å². The number of methoxy groups -OCH3 is 1. The lowest BCUT2D eigenvalue weighted by atomic mass is 10.1. The number of aromatic nitrogens is 1. The number of nitrogens with zero attached hydrogens (tertiary/aromatic N) is 1. The topological polar surface area (TPSA) is 65.2 Å². The fraction of sp³-hybridized carbons (Fsp3) is 0.231. The molecule has 0 aliphatic carbocycles. The largest absolute Gasteiger partial charge is 0.468 e. The van der Waals surface area contributed by atoms with Crippen molar-refractivity contribution in [1.82, 2.24) is 4.98 Å². The summed E-state index contributed by atoms with van der Waals surface area (Å²) < 4.78 is 5.24. The Hall–Kier alpha value is -1.46. The van der Waals surface area contributed by atoms with E-state index in [9.17, 15) is 4.79 Å². The van der Waals surface area contributed by atoms with Crippen molar-refractivity contribution in [2.24, 2.45) is 5.73 Å². The molecule has 0 aliphatic heterocycles. The monoisotopic (exact) mass is 310 g/mol. The Labute approximate surface area is 114 Å². The minimum atomic E-state index is -0.380. The average Bonchev–Trinajstić information content (AvgIpc) is 2.43. The molecule has 18 heavy (non-hydrogen) atoms. The van der Waals surface area contributed by atoms with Gasteiger partial charge >= 0.3 is 5.97 Å². The van der Waals surface area contributed by atoms with Crippen LogP contribution in [0.25, 0.3) is 10.9 Å². The zero-order valence-electron chi connectivity index (χ0n) is 10.3. The quantitative estimate of drug-likeness (QED) is 0.822. The highest BCUT2D eigenvalue weighted by Gasteiger charge is 2.00. The third-order valence-electron chi connectivity index (χ3n) is 2.31. The molecule has 4 nitrogen and oxygen atoms in total. The van der Waals surface area contributed by atoms with Gasteiger partial charge in [0.05, 0.1) is 19.2 Å². The summed E-state index contributed by atoms with van der Waals surface area (Å²) in [4.78, 5) is 14.1. The number of carbonyl (C=O) groups is 1. The van der Waals surface area contributed by atoms with Gasteiger partial charge in [-0.25, -0.2) is 0 Å². The van der Waals surface area contributed by atoms with Crippen LogP contribution in [-0.2, 0) is 9.53 Å². The first-order valence-electron chi connectivity index (χ1n) is 5.37. The lowest BCUT2D eigenvalue weighted by Crippen LogP contribution is -2.14. The second kappa shape index (κ2) is 7.08. The van der Waals surface area contributed by atoms with Gasteiger partial charge in [0.2, 0.25) is 0 Å². The molecule has 1 aromatic heterocycles. The number of hydrogen-bond donors (Lipinski definition) is 1. The van der Waals surface area contributed by atoms with Crippen molar-refractivity contribution in [3.8, 4) is 0 Å². The molecule has 2 N–H and O–H groups in total. The van der Waals surface area contributed by atoms with E-state index in [4.69, 9.17) is 5.73 Å². The molecule has 0 fully saturated rings. The van der Waals surface area contributed by atoms with Crippen LogP contribution in [0.15, 0.2) is 34.9 Å². The lowest BCUT2D eigenvalue weighted by Gasteiger charge is -2.01. The summed E-state index contributed by atoms with van der Waals surface area (Å²) in [5.74, 6) is -0.380. The summed E-state index contributed by atoms with van der Waals surface area (Å²) in [7, 11) is 1.30. The number of nitrogens with two attached hydrogens (primary N) is 1. The van der Waals surface area contributed by atoms with Gasteiger partial charge in [-0.3, -0.25) is 9.78 Å². The summed E-state index contributed by atoms with van der Waals surface area (Å²) in [5.41, 5.74) is 7.10. The second-order valence-corrected chi connectivity index (χ2v) is 4.40. The predicted molar refractivity (Wildman–Crippen MR) is 75.3 cm³/mol. The molecule has 1 aromatic carbocycles. The molecule has 5 heteroatoms. The van der Waals surface area contributed by atoms with Crippen LogP contribution >= 0.6 is 15.9 Å². The van der Waals surface area contributed by atoms with Crippen LogP contribution in [0.3, 0.4) is 0 Å². The Kier molecular flexibility index (Phi) is 5.74. The number of rotatable bonds is 1. The van der Waals surface area contributed by atoms with Crippen molar-refractivity contribution in [2.75, 3.05) is 13.7 Å². The highest BCUT2D eigenvalue weighted by Crippen LogP contribution is 2.24. The van der Waals surface area contributed by atoms with Crippen LogP contribution in [0.5, 0.6) is 0 Å². The number of aryl methyl sites for hydroxylation is 1. The normalized spacial score (nSPS) is 9.56. The summed E-state index contributed by atoms with van der Waals surface area (Å²) in [6.07, 6.45) is 1.82.